The van der Waals surface area contributed by atoms with Crippen LogP contribution in [0.15, 0.2) is 78.1 Å². The van der Waals surface area contributed by atoms with Crippen molar-refractivity contribution >= 4 is 11.6 Å². The molecule has 11 nitrogen and oxygen atoms in total. The van der Waals surface area contributed by atoms with E-state index in [2.05, 4.69) is 20.2 Å². The van der Waals surface area contributed by atoms with E-state index >= 15 is 0 Å². The summed E-state index contributed by atoms with van der Waals surface area (Å²) < 4.78 is 18.3. The minimum atomic E-state index is -0.356. The third-order valence-corrected chi connectivity index (χ3v) is 8.35. The first-order valence-corrected chi connectivity index (χ1v) is 15.4. The molecule has 47 heavy (non-hydrogen) atoms. The molecule has 0 aliphatic carbocycles. The minimum absolute atomic E-state index is 0.0933. The van der Waals surface area contributed by atoms with Gasteiger partial charge in [-0.3, -0.25) is 14.6 Å². The number of ketones is 1. The van der Waals surface area contributed by atoms with Gasteiger partial charge in [-0.1, -0.05) is 12.1 Å². The van der Waals surface area contributed by atoms with Gasteiger partial charge >= 0.3 is 0 Å². The fourth-order valence-corrected chi connectivity index (χ4v) is 5.68. The number of nitrogen functional groups attached to an aromatic ring is 1. The summed E-state index contributed by atoms with van der Waals surface area (Å²) in [6, 6.07) is 14.6. The lowest BCUT2D eigenvalue weighted by molar-refractivity contribution is 0.0612. The maximum atomic E-state index is 13.7. The molecule has 0 radical (unpaired) electrons. The molecule has 0 atom stereocenters. The number of aryl methyl sites for hydroxylation is 1. The van der Waals surface area contributed by atoms with Crippen LogP contribution in [0.2, 0.25) is 0 Å². The standard InChI is InChI=1S/C36H36N6O5/c1-22-4-7-30(38-17-22)28-20-42(19-23-10-12-47-13-11-23)21-29(35(28)44)32(43)16-26-6-8-31(41-40-26)27-14-25(18-39-36(27)37)24-5-9-33(45-2)34(15-24)46-3/h4-9,14-15,17-18,20-21,23H,10-13,16,19H2,1-3H3,(H2,37,39). The van der Waals surface area contributed by atoms with Crippen LogP contribution in [0.5, 0.6) is 11.5 Å². The van der Waals surface area contributed by atoms with Crippen molar-refractivity contribution in [1.29, 1.82) is 0 Å². The summed E-state index contributed by atoms with van der Waals surface area (Å²) in [5, 5.41) is 8.70. The number of pyridine rings is 3. The van der Waals surface area contributed by atoms with E-state index in [1.165, 1.54) is 0 Å². The molecule has 2 N–H and O–H groups in total. The SMILES string of the molecule is COc1ccc(-c2cnc(N)c(-c3ccc(CC(=O)c4cn(CC5CCOCC5)cc(-c5ccc(C)cn5)c4=O)nn3)c2)cc1OC. The van der Waals surface area contributed by atoms with Gasteiger partial charge in [-0.15, -0.1) is 0 Å². The molecular formula is C36H36N6O5. The highest BCUT2D eigenvalue weighted by atomic mass is 16.5. The normalized spacial score (nSPS) is 13.3. The summed E-state index contributed by atoms with van der Waals surface area (Å²) in [5.74, 6) is 1.54. The van der Waals surface area contributed by atoms with Crippen LogP contribution in [0.1, 0.15) is 34.5 Å². The number of ether oxygens (including phenoxy) is 3. The molecule has 5 heterocycles. The van der Waals surface area contributed by atoms with Crippen molar-refractivity contribution in [3.8, 4) is 45.1 Å². The smallest absolute Gasteiger partial charge is 0.201 e. The zero-order chi connectivity index (χ0) is 32.9. The van der Waals surface area contributed by atoms with Crippen LogP contribution in [0.4, 0.5) is 5.82 Å². The number of aromatic nitrogens is 5. The van der Waals surface area contributed by atoms with E-state index in [-0.39, 0.29) is 23.2 Å². The van der Waals surface area contributed by atoms with Crippen LogP contribution in [0, 0.1) is 12.8 Å². The number of nitrogens with zero attached hydrogens (tertiary/aromatic N) is 5. The highest BCUT2D eigenvalue weighted by molar-refractivity contribution is 5.98. The Bertz CT molecular complexity index is 1950. The molecule has 6 rings (SSSR count). The Hall–Kier alpha value is -5.42. The Labute approximate surface area is 272 Å². The zero-order valence-corrected chi connectivity index (χ0v) is 26.6. The molecule has 240 valence electrons. The van der Waals surface area contributed by atoms with Gasteiger partial charge in [-0.05, 0) is 73.2 Å². The van der Waals surface area contributed by atoms with Crippen LogP contribution in [0.3, 0.4) is 0 Å². The van der Waals surface area contributed by atoms with E-state index in [1.54, 1.807) is 51.1 Å². The predicted molar refractivity (Wildman–Crippen MR) is 178 cm³/mol. The molecule has 0 bridgehead atoms. The zero-order valence-electron chi connectivity index (χ0n) is 26.6. The van der Waals surface area contributed by atoms with Gasteiger partial charge in [-0.2, -0.15) is 10.2 Å². The number of rotatable bonds is 10. The highest BCUT2D eigenvalue weighted by Crippen LogP contribution is 2.34. The molecule has 0 saturated carbocycles. The fourth-order valence-electron chi connectivity index (χ4n) is 5.68. The molecule has 11 heteroatoms. The number of hydrogen-bond donors (Lipinski definition) is 1. The number of methoxy groups -OCH3 is 2. The first-order chi connectivity index (χ1) is 22.8. The van der Waals surface area contributed by atoms with Crippen molar-refractivity contribution in [2.45, 2.75) is 32.7 Å². The third-order valence-electron chi connectivity index (χ3n) is 8.35. The molecule has 1 aromatic carbocycles. The van der Waals surface area contributed by atoms with Crippen LogP contribution in [-0.4, -0.2) is 57.9 Å². The number of anilines is 1. The number of hydrogen-bond acceptors (Lipinski definition) is 10. The van der Waals surface area contributed by atoms with E-state index < -0.39 is 0 Å². The summed E-state index contributed by atoms with van der Waals surface area (Å²) in [7, 11) is 3.16. The highest BCUT2D eigenvalue weighted by Gasteiger charge is 2.21. The first kappa shape index (κ1) is 31.6. The molecule has 1 aliphatic heterocycles. The Balaban J connectivity index is 1.26. The number of carbonyl (C=O) groups excluding carboxylic acids is 1. The number of nitrogens with two attached hydrogens (primary N) is 1. The monoisotopic (exact) mass is 632 g/mol. The molecular weight excluding hydrogens is 596 g/mol. The molecule has 0 amide bonds. The van der Waals surface area contributed by atoms with Gasteiger partial charge in [0.25, 0.3) is 0 Å². The summed E-state index contributed by atoms with van der Waals surface area (Å²) in [4.78, 5) is 36.2. The molecule has 5 aromatic rings. The topological polar surface area (TPSA) is 144 Å². The Kier molecular flexibility index (Phi) is 9.35. The lowest BCUT2D eigenvalue weighted by atomic mass is 9.99. The number of benzene rings is 1. The third kappa shape index (κ3) is 7.05. The van der Waals surface area contributed by atoms with E-state index in [4.69, 9.17) is 19.9 Å². The second-order valence-corrected chi connectivity index (χ2v) is 11.6. The lowest BCUT2D eigenvalue weighted by Crippen LogP contribution is -2.25. The Morgan fingerprint density at radius 3 is 2.38 bits per heavy atom. The van der Waals surface area contributed by atoms with Gasteiger partial charge in [0.1, 0.15) is 5.82 Å². The molecule has 1 fully saturated rings. The van der Waals surface area contributed by atoms with E-state index in [0.717, 1.165) is 29.5 Å². The summed E-state index contributed by atoms with van der Waals surface area (Å²) in [5.41, 5.74) is 11.1. The first-order valence-electron chi connectivity index (χ1n) is 15.4. The molecule has 1 aliphatic rings. The van der Waals surface area contributed by atoms with E-state index in [1.807, 2.05) is 47.9 Å². The molecule has 0 spiro atoms. The maximum absolute atomic E-state index is 13.7. The molecule has 0 unspecified atom stereocenters. The van der Waals surface area contributed by atoms with E-state index in [9.17, 15) is 9.59 Å². The van der Waals surface area contributed by atoms with Crippen molar-refractivity contribution in [2.75, 3.05) is 33.2 Å². The van der Waals surface area contributed by atoms with Gasteiger partial charge < -0.3 is 24.5 Å². The van der Waals surface area contributed by atoms with Crippen molar-refractivity contribution < 1.29 is 19.0 Å². The van der Waals surface area contributed by atoms with Gasteiger partial charge in [0.05, 0.1) is 48.8 Å². The van der Waals surface area contributed by atoms with Gasteiger partial charge in [0, 0.05) is 55.7 Å². The summed E-state index contributed by atoms with van der Waals surface area (Å²) >= 11 is 0. The Morgan fingerprint density at radius 2 is 1.68 bits per heavy atom. The van der Waals surface area contributed by atoms with Crippen LogP contribution < -0.4 is 20.6 Å². The summed E-state index contributed by atoms with van der Waals surface area (Å²) in [6.45, 7) is 4.03. The average Bonchev–Trinajstić information content (AvgIpc) is 3.10. The maximum Gasteiger partial charge on any atom is 0.201 e. The number of Topliss-reactive ketones (excluding diaryl/α,β-unsaturated/α-hetero) is 1. The number of carbonyl (C=O) groups is 1. The van der Waals surface area contributed by atoms with Gasteiger partial charge in [0.2, 0.25) is 5.43 Å². The van der Waals surface area contributed by atoms with Crippen molar-refractivity contribution in [3.63, 3.8) is 0 Å². The minimum Gasteiger partial charge on any atom is -0.493 e. The fraction of sp³-hybridized carbons (Fsp3) is 0.278. The average molecular weight is 633 g/mol. The quantitative estimate of drug-likeness (QED) is 0.204. The lowest BCUT2D eigenvalue weighted by Gasteiger charge is -2.23. The second-order valence-electron chi connectivity index (χ2n) is 11.6. The van der Waals surface area contributed by atoms with Crippen molar-refractivity contribution in [1.82, 2.24) is 24.7 Å². The van der Waals surface area contributed by atoms with Crippen molar-refractivity contribution in [2.24, 2.45) is 5.92 Å². The van der Waals surface area contributed by atoms with Gasteiger partial charge in [0.15, 0.2) is 17.3 Å². The van der Waals surface area contributed by atoms with E-state index in [0.29, 0.717) is 71.2 Å². The summed E-state index contributed by atoms with van der Waals surface area (Å²) in [6.07, 6.45) is 8.61. The molecule has 1 saturated heterocycles. The van der Waals surface area contributed by atoms with Gasteiger partial charge in [-0.25, -0.2) is 4.98 Å². The van der Waals surface area contributed by atoms with Crippen molar-refractivity contribution in [3.05, 3.63) is 100 Å². The second kappa shape index (κ2) is 13.9. The Morgan fingerprint density at radius 1 is 0.894 bits per heavy atom. The van der Waals surface area contributed by atoms with Crippen LogP contribution in [-0.2, 0) is 17.7 Å². The van der Waals surface area contributed by atoms with Crippen LogP contribution >= 0.6 is 0 Å². The predicted octanol–water partition coefficient (Wildman–Crippen LogP) is 5.19. The largest absolute Gasteiger partial charge is 0.493 e. The molecule has 4 aromatic heterocycles. The van der Waals surface area contributed by atoms with Crippen LogP contribution in [0.25, 0.3) is 33.6 Å².